The molecule has 36 heavy (non-hydrogen) atoms. The average Bonchev–Trinajstić information content (AvgIpc) is 2.81. The van der Waals surface area contributed by atoms with Gasteiger partial charge in [-0.25, -0.2) is 4.79 Å². The van der Waals surface area contributed by atoms with Crippen molar-refractivity contribution in [3.05, 3.63) is 29.8 Å². The largest absolute Gasteiger partial charge is 0.508 e. The van der Waals surface area contributed by atoms with Crippen LogP contribution in [0.15, 0.2) is 24.3 Å². The topological polar surface area (TPSA) is 108 Å². The number of hydrogen-bond acceptors (Lipinski definition) is 6. The molecule has 3 atom stereocenters. The first-order chi connectivity index (χ1) is 16.9. The predicted molar refractivity (Wildman–Crippen MR) is 146 cm³/mol. The van der Waals surface area contributed by atoms with Crippen LogP contribution in [0.1, 0.15) is 85.3 Å². The number of carbonyl (C=O) groups excluding carboxylic acids is 3. The van der Waals surface area contributed by atoms with Crippen LogP contribution >= 0.6 is 11.8 Å². The molecule has 0 spiro atoms. The van der Waals surface area contributed by atoms with Gasteiger partial charge in [-0.05, 0) is 76.7 Å². The number of phenolic OH excluding ortho intramolecular Hbond substituents is 1. The molecule has 0 aliphatic rings. The van der Waals surface area contributed by atoms with Gasteiger partial charge in [0.1, 0.15) is 23.4 Å². The Morgan fingerprint density at radius 1 is 1.11 bits per heavy atom. The molecule has 3 N–H and O–H groups in total. The Morgan fingerprint density at radius 3 is 2.28 bits per heavy atom. The molecule has 8 nitrogen and oxygen atoms in total. The zero-order chi connectivity index (χ0) is 27.3. The van der Waals surface area contributed by atoms with E-state index in [4.69, 9.17) is 4.74 Å². The van der Waals surface area contributed by atoms with Gasteiger partial charge in [0, 0.05) is 12.6 Å². The van der Waals surface area contributed by atoms with Crippen molar-refractivity contribution in [2.24, 2.45) is 0 Å². The van der Waals surface area contributed by atoms with Crippen LogP contribution in [-0.2, 0) is 14.3 Å². The maximum absolute atomic E-state index is 14.0. The third-order valence-electron chi connectivity index (χ3n) is 5.73. The van der Waals surface area contributed by atoms with E-state index in [1.807, 2.05) is 20.1 Å². The third kappa shape index (κ3) is 10.7. The number of amides is 3. The summed E-state index contributed by atoms with van der Waals surface area (Å²) < 4.78 is 5.41. The highest BCUT2D eigenvalue weighted by Gasteiger charge is 2.38. The summed E-state index contributed by atoms with van der Waals surface area (Å²) in [6.07, 6.45) is 5.15. The fourth-order valence-electron chi connectivity index (χ4n) is 3.70. The van der Waals surface area contributed by atoms with Gasteiger partial charge in [-0.3, -0.25) is 9.59 Å². The smallest absolute Gasteiger partial charge is 0.408 e. The molecule has 0 aliphatic heterocycles. The van der Waals surface area contributed by atoms with Crippen molar-refractivity contribution in [3.63, 3.8) is 0 Å². The summed E-state index contributed by atoms with van der Waals surface area (Å²) in [4.78, 5) is 41.7. The van der Waals surface area contributed by atoms with Crippen LogP contribution in [0.5, 0.6) is 5.75 Å². The van der Waals surface area contributed by atoms with Crippen molar-refractivity contribution in [2.75, 3.05) is 18.6 Å². The number of nitrogens with zero attached hydrogens (tertiary/aromatic N) is 1. The molecule has 0 saturated carbocycles. The lowest BCUT2D eigenvalue weighted by Gasteiger charge is -2.38. The summed E-state index contributed by atoms with van der Waals surface area (Å²) in [7, 11) is 0. The molecular weight excluding hydrogens is 478 g/mol. The first-order valence-corrected chi connectivity index (χ1v) is 14.2. The first-order valence-electron chi connectivity index (χ1n) is 12.8. The number of hydrogen-bond donors (Lipinski definition) is 3. The number of unbranched alkanes of at least 4 members (excludes halogenated alkanes) is 2. The van der Waals surface area contributed by atoms with E-state index in [9.17, 15) is 19.5 Å². The number of alkyl carbamates (subject to hydrolysis) is 1. The van der Waals surface area contributed by atoms with Crippen LogP contribution in [0.25, 0.3) is 0 Å². The Labute approximate surface area is 220 Å². The fraction of sp³-hybridized carbons (Fsp3) is 0.667. The third-order valence-corrected chi connectivity index (χ3v) is 6.38. The lowest BCUT2D eigenvalue weighted by Crippen LogP contribution is -2.55. The van der Waals surface area contributed by atoms with Crippen molar-refractivity contribution < 1.29 is 24.2 Å². The van der Waals surface area contributed by atoms with Gasteiger partial charge in [0.25, 0.3) is 0 Å². The predicted octanol–water partition coefficient (Wildman–Crippen LogP) is 5.01. The maximum Gasteiger partial charge on any atom is 0.408 e. The maximum atomic E-state index is 14.0. The summed E-state index contributed by atoms with van der Waals surface area (Å²) in [6, 6.07) is 4.29. The molecule has 3 amide bonds. The summed E-state index contributed by atoms with van der Waals surface area (Å²) in [6.45, 7) is 11.7. The van der Waals surface area contributed by atoms with E-state index < -0.39 is 23.8 Å². The van der Waals surface area contributed by atoms with E-state index in [1.165, 1.54) is 12.1 Å². The van der Waals surface area contributed by atoms with Gasteiger partial charge in [0.15, 0.2) is 0 Å². The molecule has 1 rings (SSSR count). The molecular formula is C27H45N3O5S. The van der Waals surface area contributed by atoms with Gasteiger partial charge < -0.3 is 25.4 Å². The summed E-state index contributed by atoms with van der Waals surface area (Å²) in [5.74, 6) is 0.0947. The van der Waals surface area contributed by atoms with Gasteiger partial charge in [-0.1, -0.05) is 38.8 Å². The van der Waals surface area contributed by atoms with E-state index >= 15 is 0 Å². The summed E-state index contributed by atoms with van der Waals surface area (Å²) >= 11 is 1.57. The Balaban J connectivity index is 3.40. The normalized spacial score (nSPS) is 13.9. The van der Waals surface area contributed by atoms with E-state index in [-0.39, 0.29) is 23.6 Å². The van der Waals surface area contributed by atoms with Crippen LogP contribution in [0.3, 0.4) is 0 Å². The minimum atomic E-state index is -0.910. The first kappa shape index (κ1) is 31.6. The molecule has 0 aromatic heterocycles. The summed E-state index contributed by atoms with van der Waals surface area (Å²) in [5, 5.41) is 15.5. The standard InChI is InChI=1S/C27H45N3O5S/c1-8-10-11-17-28-24(32)23(20-12-14-21(31)15-13-20)30(19(3)9-2)25(33)22(16-18-36-7)29-26(34)35-27(4,5)6/h12-15,19,22-23,31H,8-11,16-18H2,1-7H3,(H,28,32)(H,29,34). The van der Waals surface area contributed by atoms with Crippen molar-refractivity contribution in [1.29, 1.82) is 0 Å². The zero-order valence-electron chi connectivity index (χ0n) is 22.9. The number of benzene rings is 1. The Kier molecular flexibility index (Phi) is 13.7. The Bertz CT molecular complexity index is 826. The van der Waals surface area contributed by atoms with Crippen molar-refractivity contribution in [2.45, 2.75) is 97.4 Å². The van der Waals surface area contributed by atoms with Crippen LogP contribution in [0.2, 0.25) is 0 Å². The molecule has 9 heteroatoms. The second-order valence-electron chi connectivity index (χ2n) is 9.98. The number of thioether (sulfide) groups is 1. The molecule has 1 aromatic rings. The van der Waals surface area contributed by atoms with E-state index in [0.717, 1.165) is 19.3 Å². The molecule has 0 saturated heterocycles. The molecule has 0 radical (unpaired) electrons. The number of phenols is 1. The second-order valence-corrected chi connectivity index (χ2v) is 11.0. The van der Waals surface area contributed by atoms with Crippen LogP contribution in [0.4, 0.5) is 4.79 Å². The second kappa shape index (κ2) is 15.6. The highest BCUT2D eigenvalue weighted by Crippen LogP contribution is 2.28. The minimum Gasteiger partial charge on any atom is -0.508 e. The lowest BCUT2D eigenvalue weighted by atomic mass is 9.99. The number of aromatic hydroxyl groups is 1. The molecule has 3 unspecified atom stereocenters. The highest BCUT2D eigenvalue weighted by atomic mass is 32.2. The Morgan fingerprint density at radius 2 is 1.75 bits per heavy atom. The SMILES string of the molecule is CCCCCNC(=O)C(c1ccc(O)cc1)N(C(=O)C(CCSC)NC(=O)OC(C)(C)C)C(C)CC. The lowest BCUT2D eigenvalue weighted by molar-refractivity contribution is -0.145. The van der Waals surface area contributed by atoms with Gasteiger partial charge in [-0.2, -0.15) is 11.8 Å². The van der Waals surface area contributed by atoms with Crippen molar-refractivity contribution in [1.82, 2.24) is 15.5 Å². The van der Waals surface area contributed by atoms with E-state index in [1.54, 1.807) is 49.6 Å². The quantitative estimate of drug-likeness (QED) is 0.296. The van der Waals surface area contributed by atoms with Crippen LogP contribution in [-0.4, -0.2) is 64.2 Å². The number of carbonyl (C=O) groups is 3. The van der Waals surface area contributed by atoms with Gasteiger partial charge in [0.2, 0.25) is 11.8 Å². The fourth-order valence-corrected chi connectivity index (χ4v) is 4.17. The van der Waals surface area contributed by atoms with Crippen molar-refractivity contribution >= 4 is 29.7 Å². The van der Waals surface area contributed by atoms with Gasteiger partial charge in [0.05, 0.1) is 0 Å². The molecule has 204 valence electrons. The number of ether oxygens (including phenoxy) is 1. The molecule has 0 fully saturated rings. The number of nitrogens with one attached hydrogen (secondary N) is 2. The summed E-state index contributed by atoms with van der Waals surface area (Å²) in [5.41, 5.74) is -0.115. The minimum absolute atomic E-state index is 0.0757. The van der Waals surface area contributed by atoms with Crippen molar-refractivity contribution in [3.8, 4) is 5.75 Å². The molecule has 0 bridgehead atoms. The molecule has 1 aromatic carbocycles. The van der Waals surface area contributed by atoms with Crippen LogP contribution < -0.4 is 10.6 Å². The van der Waals surface area contributed by atoms with Gasteiger partial charge in [-0.15, -0.1) is 0 Å². The van der Waals surface area contributed by atoms with E-state index in [0.29, 0.717) is 30.7 Å². The van der Waals surface area contributed by atoms with Crippen LogP contribution in [0, 0.1) is 0 Å². The molecule has 0 heterocycles. The molecule has 0 aliphatic carbocycles. The average molecular weight is 524 g/mol. The zero-order valence-corrected chi connectivity index (χ0v) is 23.7. The monoisotopic (exact) mass is 523 g/mol. The highest BCUT2D eigenvalue weighted by molar-refractivity contribution is 7.98. The van der Waals surface area contributed by atoms with Gasteiger partial charge >= 0.3 is 6.09 Å². The Hall–Kier alpha value is -2.42. The van der Waals surface area contributed by atoms with E-state index in [2.05, 4.69) is 17.6 Å². The number of rotatable bonds is 14.